The lowest BCUT2D eigenvalue weighted by Crippen LogP contribution is -2.50. The van der Waals surface area contributed by atoms with Crippen molar-refractivity contribution in [2.24, 2.45) is 17.3 Å². The fourth-order valence-corrected chi connectivity index (χ4v) is 5.30. The lowest BCUT2D eigenvalue weighted by atomic mass is 9.90. The molecule has 0 spiro atoms. The molecule has 1 unspecified atom stereocenters. The van der Waals surface area contributed by atoms with Crippen molar-refractivity contribution in [2.45, 2.75) is 46.0 Å². The van der Waals surface area contributed by atoms with Crippen LogP contribution in [-0.2, 0) is 20.8 Å². The molecule has 194 valence electrons. The highest BCUT2D eigenvalue weighted by atomic mass is 19.1. The van der Waals surface area contributed by atoms with E-state index in [1.54, 1.807) is 17.0 Å². The van der Waals surface area contributed by atoms with Crippen LogP contribution in [0.2, 0.25) is 0 Å². The molecule has 1 atom stereocenters. The van der Waals surface area contributed by atoms with Crippen LogP contribution in [0.3, 0.4) is 0 Å². The van der Waals surface area contributed by atoms with Crippen LogP contribution in [0.25, 0.3) is 0 Å². The first-order valence-electron chi connectivity index (χ1n) is 12.8. The zero-order valence-corrected chi connectivity index (χ0v) is 21.7. The zero-order valence-electron chi connectivity index (χ0n) is 21.7. The molecule has 0 radical (unpaired) electrons. The minimum absolute atomic E-state index is 0.00316. The highest BCUT2D eigenvalue weighted by Gasteiger charge is 2.34. The second-order valence-electron chi connectivity index (χ2n) is 11.2. The van der Waals surface area contributed by atoms with E-state index in [0.717, 1.165) is 24.9 Å². The summed E-state index contributed by atoms with van der Waals surface area (Å²) in [5, 5.41) is 3.11. The van der Waals surface area contributed by atoms with Crippen LogP contribution >= 0.6 is 0 Å². The van der Waals surface area contributed by atoms with Crippen LogP contribution in [0, 0.1) is 23.1 Å². The first-order valence-corrected chi connectivity index (χ1v) is 12.8. The average Bonchev–Trinajstić information content (AvgIpc) is 2.83. The van der Waals surface area contributed by atoms with Gasteiger partial charge >= 0.3 is 0 Å². The largest absolute Gasteiger partial charge is 0.355 e. The van der Waals surface area contributed by atoms with Crippen molar-refractivity contribution in [1.82, 2.24) is 20.0 Å². The molecule has 1 N–H and O–H groups in total. The molecule has 7 nitrogen and oxygen atoms in total. The molecule has 1 aromatic carbocycles. The van der Waals surface area contributed by atoms with Crippen molar-refractivity contribution < 1.29 is 18.8 Å². The van der Waals surface area contributed by atoms with E-state index in [-0.39, 0.29) is 47.2 Å². The van der Waals surface area contributed by atoms with E-state index in [4.69, 9.17) is 0 Å². The van der Waals surface area contributed by atoms with Gasteiger partial charge in [-0.1, -0.05) is 26.0 Å². The van der Waals surface area contributed by atoms with Gasteiger partial charge in [0.2, 0.25) is 17.7 Å². The number of carbonyl (C=O) groups excluding carboxylic acids is 3. The number of benzene rings is 1. The number of hydrogen-bond donors (Lipinski definition) is 1. The number of amides is 3. The molecule has 3 rings (SSSR count). The Kier molecular flexibility index (Phi) is 9.27. The van der Waals surface area contributed by atoms with Gasteiger partial charge in [-0.05, 0) is 62.9 Å². The molecular weight excluding hydrogens is 447 g/mol. The predicted octanol–water partition coefficient (Wildman–Crippen LogP) is 2.55. The third kappa shape index (κ3) is 8.02. The fraction of sp³-hybridized carbons (Fsp3) is 0.667. The van der Waals surface area contributed by atoms with E-state index < -0.39 is 0 Å². The first-order chi connectivity index (χ1) is 16.5. The fourth-order valence-electron chi connectivity index (χ4n) is 5.30. The number of nitrogens with one attached hydrogen (secondary N) is 1. The highest BCUT2D eigenvalue weighted by Crippen LogP contribution is 2.24. The first kappa shape index (κ1) is 27.1. The second-order valence-corrected chi connectivity index (χ2v) is 11.2. The minimum Gasteiger partial charge on any atom is -0.355 e. The Balaban J connectivity index is 1.45. The summed E-state index contributed by atoms with van der Waals surface area (Å²) in [4.78, 5) is 44.4. The summed E-state index contributed by atoms with van der Waals surface area (Å²) in [5.41, 5.74) is 0.770. The quantitative estimate of drug-likeness (QED) is 0.611. The monoisotopic (exact) mass is 488 g/mol. The summed E-state index contributed by atoms with van der Waals surface area (Å²) in [6.45, 7) is 8.06. The molecule has 0 aliphatic carbocycles. The number of rotatable bonds is 8. The molecule has 2 saturated heterocycles. The molecule has 1 aromatic rings. The molecule has 35 heavy (non-hydrogen) atoms. The van der Waals surface area contributed by atoms with Gasteiger partial charge in [-0.3, -0.25) is 14.4 Å². The van der Waals surface area contributed by atoms with Crippen molar-refractivity contribution in [3.05, 3.63) is 35.6 Å². The third-order valence-corrected chi connectivity index (χ3v) is 7.05. The molecule has 0 bridgehead atoms. The molecular formula is C27H41FN4O3. The highest BCUT2D eigenvalue weighted by molar-refractivity contribution is 5.83. The van der Waals surface area contributed by atoms with Crippen molar-refractivity contribution in [3.63, 3.8) is 0 Å². The molecule has 3 amide bonds. The topological polar surface area (TPSA) is 73.0 Å². The van der Waals surface area contributed by atoms with Crippen molar-refractivity contribution in [2.75, 3.05) is 53.4 Å². The maximum absolute atomic E-state index is 13.2. The summed E-state index contributed by atoms with van der Waals surface area (Å²) >= 11 is 0. The minimum atomic E-state index is -0.320. The van der Waals surface area contributed by atoms with Crippen molar-refractivity contribution in [1.29, 1.82) is 0 Å². The van der Waals surface area contributed by atoms with Gasteiger partial charge < -0.3 is 20.0 Å². The summed E-state index contributed by atoms with van der Waals surface area (Å²) < 4.78 is 13.1. The normalized spacial score (nSPS) is 19.7. The standard InChI is InChI=1S/C27H41FN4O3/c1-27(2,19-30(3)4)18-29-25(34)21-11-14-31(15-12-21)26(35)22-6-5-13-32(17-22)24(33)16-20-7-9-23(28)10-8-20/h7-10,21-22H,5-6,11-19H2,1-4H3,(H,29,34). The van der Waals surface area contributed by atoms with E-state index in [0.29, 0.717) is 45.6 Å². The number of hydrogen-bond acceptors (Lipinski definition) is 4. The SMILES string of the molecule is CN(C)CC(C)(C)CNC(=O)C1CCN(C(=O)C2CCCN(C(=O)Cc3ccc(F)cc3)C2)CC1. The van der Waals surface area contributed by atoms with E-state index in [1.807, 2.05) is 19.0 Å². The van der Waals surface area contributed by atoms with Crippen LogP contribution in [0.15, 0.2) is 24.3 Å². The van der Waals surface area contributed by atoms with Gasteiger partial charge in [-0.15, -0.1) is 0 Å². The van der Waals surface area contributed by atoms with Gasteiger partial charge in [-0.2, -0.15) is 0 Å². The number of nitrogens with zero attached hydrogens (tertiary/aromatic N) is 3. The Hall–Kier alpha value is -2.48. The van der Waals surface area contributed by atoms with E-state index in [1.165, 1.54) is 12.1 Å². The number of likely N-dealkylation sites (tertiary alicyclic amines) is 2. The lowest BCUT2D eigenvalue weighted by molar-refractivity contribution is -0.143. The van der Waals surface area contributed by atoms with Gasteiger partial charge in [0.05, 0.1) is 12.3 Å². The molecule has 2 aliphatic heterocycles. The van der Waals surface area contributed by atoms with E-state index in [9.17, 15) is 18.8 Å². The molecule has 0 aromatic heterocycles. The van der Waals surface area contributed by atoms with Crippen LogP contribution < -0.4 is 5.32 Å². The zero-order chi connectivity index (χ0) is 25.6. The van der Waals surface area contributed by atoms with Crippen molar-refractivity contribution >= 4 is 17.7 Å². The van der Waals surface area contributed by atoms with Crippen LogP contribution in [0.1, 0.15) is 45.1 Å². The lowest BCUT2D eigenvalue weighted by Gasteiger charge is -2.38. The van der Waals surface area contributed by atoms with Gasteiger partial charge in [0.1, 0.15) is 5.82 Å². The number of halogens is 1. The Morgan fingerprint density at radius 3 is 2.29 bits per heavy atom. The van der Waals surface area contributed by atoms with E-state index >= 15 is 0 Å². The average molecular weight is 489 g/mol. The van der Waals surface area contributed by atoms with Gasteiger partial charge in [0, 0.05) is 45.2 Å². The predicted molar refractivity (Wildman–Crippen MR) is 134 cm³/mol. The molecule has 2 fully saturated rings. The van der Waals surface area contributed by atoms with Crippen LogP contribution in [0.5, 0.6) is 0 Å². The summed E-state index contributed by atoms with van der Waals surface area (Å²) in [6, 6.07) is 5.98. The molecule has 0 saturated carbocycles. The summed E-state index contributed by atoms with van der Waals surface area (Å²) in [5.74, 6) is -0.428. The Morgan fingerprint density at radius 2 is 1.66 bits per heavy atom. The van der Waals surface area contributed by atoms with Gasteiger partial charge in [0.25, 0.3) is 0 Å². The van der Waals surface area contributed by atoms with Crippen LogP contribution in [0.4, 0.5) is 4.39 Å². The molecule has 2 heterocycles. The number of piperidine rings is 2. The maximum Gasteiger partial charge on any atom is 0.227 e. The summed E-state index contributed by atoms with van der Waals surface area (Å²) in [6.07, 6.45) is 3.14. The Bertz CT molecular complexity index is 879. The molecule has 8 heteroatoms. The smallest absolute Gasteiger partial charge is 0.227 e. The second kappa shape index (κ2) is 12.0. The third-order valence-electron chi connectivity index (χ3n) is 7.05. The van der Waals surface area contributed by atoms with E-state index in [2.05, 4.69) is 24.1 Å². The Labute approximate surface area is 209 Å². The maximum atomic E-state index is 13.2. The Morgan fingerprint density at radius 1 is 1.00 bits per heavy atom. The molecule has 2 aliphatic rings. The van der Waals surface area contributed by atoms with Crippen LogP contribution in [-0.4, -0.2) is 85.8 Å². The van der Waals surface area contributed by atoms with Gasteiger partial charge in [-0.25, -0.2) is 4.39 Å². The van der Waals surface area contributed by atoms with Crippen molar-refractivity contribution in [3.8, 4) is 0 Å². The summed E-state index contributed by atoms with van der Waals surface area (Å²) in [7, 11) is 4.06. The van der Waals surface area contributed by atoms with Gasteiger partial charge in [0.15, 0.2) is 0 Å². The number of carbonyl (C=O) groups is 3.